The number of likely N-dealkylation sites (N-methyl/N-ethyl adjacent to an activating group) is 1. The molecule has 0 aromatic heterocycles. The van der Waals surface area contributed by atoms with Gasteiger partial charge in [-0.3, -0.25) is 4.79 Å². The number of nitrogens with one attached hydrogen (secondary N) is 1. The molecule has 0 aromatic carbocycles. The molecule has 18 heavy (non-hydrogen) atoms. The first-order valence-electron chi connectivity index (χ1n) is 7.75. The van der Waals surface area contributed by atoms with E-state index >= 15 is 0 Å². The SMILES string of the molecule is CCC(CC)CN(CC)C(=O)C1CCCCCN1. The number of rotatable bonds is 6. The van der Waals surface area contributed by atoms with E-state index in [1.165, 1.54) is 32.1 Å². The van der Waals surface area contributed by atoms with E-state index < -0.39 is 0 Å². The fourth-order valence-electron chi connectivity index (χ4n) is 2.69. The topological polar surface area (TPSA) is 32.3 Å². The zero-order valence-electron chi connectivity index (χ0n) is 12.4. The summed E-state index contributed by atoms with van der Waals surface area (Å²) in [6, 6.07) is 0.0711. The Bertz CT molecular complexity index is 231. The fraction of sp³-hybridized carbons (Fsp3) is 0.933. The molecule has 1 fully saturated rings. The van der Waals surface area contributed by atoms with Crippen LogP contribution in [-0.2, 0) is 4.79 Å². The third kappa shape index (κ3) is 4.60. The number of hydrogen-bond donors (Lipinski definition) is 1. The van der Waals surface area contributed by atoms with Crippen LogP contribution in [0, 0.1) is 5.92 Å². The first-order chi connectivity index (χ1) is 8.72. The van der Waals surface area contributed by atoms with Gasteiger partial charge in [-0.05, 0) is 32.2 Å². The Morgan fingerprint density at radius 2 is 1.94 bits per heavy atom. The molecule has 3 nitrogen and oxygen atoms in total. The number of hydrogen-bond acceptors (Lipinski definition) is 2. The second kappa shape index (κ2) is 8.52. The van der Waals surface area contributed by atoms with Crippen LogP contribution in [-0.4, -0.2) is 36.5 Å². The maximum absolute atomic E-state index is 12.5. The maximum Gasteiger partial charge on any atom is 0.239 e. The minimum atomic E-state index is 0.0711. The van der Waals surface area contributed by atoms with Gasteiger partial charge in [0.1, 0.15) is 0 Å². The third-order valence-electron chi connectivity index (χ3n) is 4.19. The van der Waals surface area contributed by atoms with E-state index in [9.17, 15) is 4.79 Å². The zero-order valence-corrected chi connectivity index (χ0v) is 12.4. The molecule has 3 heteroatoms. The normalized spacial score (nSPS) is 20.8. The lowest BCUT2D eigenvalue weighted by atomic mass is 10.0. The Hall–Kier alpha value is -0.570. The lowest BCUT2D eigenvalue weighted by Crippen LogP contribution is -2.47. The van der Waals surface area contributed by atoms with Crippen LogP contribution in [0.1, 0.15) is 59.3 Å². The quantitative estimate of drug-likeness (QED) is 0.790. The van der Waals surface area contributed by atoms with Crippen molar-refractivity contribution in [3.05, 3.63) is 0 Å². The Labute approximate surface area is 112 Å². The molecule has 0 aliphatic carbocycles. The van der Waals surface area contributed by atoms with Crippen LogP contribution in [0.2, 0.25) is 0 Å². The molecule has 1 rings (SSSR count). The second-order valence-electron chi connectivity index (χ2n) is 5.42. The smallest absolute Gasteiger partial charge is 0.239 e. The van der Waals surface area contributed by atoms with Crippen molar-refractivity contribution in [2.75, 3.05) is 19.6 Å². The van der Waals surface area contributed by atoms with Crippen molar-refractivity contribution in [3.63, 3.8) is 0 Å². The summed E-state index contributed by atoms with van der Waals surface area (Å²) in [5, 5.41) is 3.41. The van der Waals surface area contributed by atoms with Crippen molar-refractivity contribution in [1.29, 1.82) is 0 Å². The van der Waals surface area contributed by atoms with E-state index in [4.69, 9.17) is 0 Å². The molecule has 1 unspecified atom stereocenters. The standard InChI is InChI=1S/C15H30N2O/c1-4-13(5-2)12-17(6-3)15(18)14-10-8-7-9-11-16-14/h13-14,16H,4-12H2,1-3H3. The highest BCUT2D eigenvalue weighted by molar-refractivity contribution is 5.81. The van der Waals surface area contributed by atoms with E-state index in [0.29, 0.717) is 11.8 Å². The van der Waals surface area contributed by atoms with Gasteiger partial charge in [0, 0.05) is 13.1 Å². The summed E-state index contributed by atoms with van der Waals surface area (Å²) in [5.74, 6) is 0.978. The van der Waals surface area contributed by atoms with Crippen LogP contribution < -0.4 is 5.32 Å². The van der Waals surface area contributed by atoms with Crippen molar-refractivity contribution in [2.24, 2.45) is 5.92 Å². The van der Waals surface area contributed by atoms with Gasteiger partial charge >= 0.3 is 0 Å². The predicted octanol–water partition coefficient (Wildman–Crippen LogP) is 2.80. The van der Waals surface area contributed by atoms with E-state index in [-0.39, 0.29) is 6.04 Å². The van der Waals surface area contributed by atoms with E-state index in [0.717, 1.165) is 26.1 Å². The molecule has 0 bridgehead atoms. The lowest BCUT2D eigenvalue weighted by Gasteiger charge is -2.29. The molecule has 0 radical (unpaired) electrons. The minimum Gasteiger partial charge on any atom is -0.341 e. The molecule has 1 aliphatic rings. The molecule has 0 spiro atoms. The first-order valence-corrected chi connectivity index (χ1v) is 7.75. The van der Waals surface area contributed by atoms with E-state index in [2.05, 4.69) is 31.0 Å². The molecule has 1 amide bonds. The number of nitrogens with zero attached hydrogens (tertiary/aromatic N) is 1. The summed E-state index contributed by atoms with van der Waals surface area (Å²) in [4.78, 5) is 14.6. The zero-order chi connectivity index (χ0) is 13.4. The van der Waals surface area contributed by atoms with Gasteiger partial charge in [0.15, 0.2) is 0 Å². The van der Waals surface area contributed by atoms with Gasteiger partial charge in [-0.2, -0.15) is 0 Å². The monoisotopic (exact) mass is 254 g/mol. The average molecular weight is 254 g/mol. The number of carbonyl (C=O) groups excluding carboxylic acids is 1. The van der Waals surface area contributed by atoms with Gasteiger partial charge in [-0.25, -0.2) is 0 Å². The molecular formula is C15H30N2O. The average Bonchev–Trinajstić information content (AvgIpc) is 2.68. The molecule has 1 N–H and O–H groups in total. The van der Waals surface area contributed by atoms with Gasteiger partial charge in [0.2, 0.25) is 5.91 Å². The maximum atomic E-state index is 12.5. The summed E-state index contributed by atoms with van der Waals surface area (Å²) in [5.41, 5.74) is 0. The number of amides is 1. The van der Waals surface area contributed by atoms with Crippen molar-refractivity contribution < 1.29 is 4.79 Å². The van der Waals surface area contributed by atoms with Crippen molar-refractivity contribution in [2.45, 2.75) is 65.3 Å². The van der Waals surface area contributed by atoms with Crippen molar-refractivity contribution >= 4 is 5.91 Å². The highest BCUT2D eigenvalue weighted by atomic mass is 16.2. The summed E-state index contributed by atoms with van der Waals surface area (Å²) in [6.45, 7) is 9.30. The van der Waals surface area contributed by atoms with Crippen molar-refractivity contribution in [1.82, 2.24) is 10.2 Å². The van der Waals surface area contributed by atoms with Gasteiger partial charge in [0.05, 0.1) is 6.04 Å². The molecule has 1 heterocycles. The van der Waals surface area contributed by atoms with Crippen LogP contribution in [0.3, 0.4) is 0 Å². The molecule has 0 aromatic rings. The molecule has 106 valence electrons. The molecule has 1 atom stereocenters. The van der Waals surface area contributed by atoms with Crippen LogP contribution >= 0.6 is 0 Å². The van der Waals surface area contributed by atoms with Gasteiger partial charge in [-0.1, -0.05) is 39.5 Å². The minimum absolute atomic E-state index is 0.0711. The Morgan fingerprint density at radius 3 is 2.56 bits per heavy atom. The van der Waals surface area contributed by atoms with Crippen molar-refractivity contribution in [3.8, 4) is 0 Å². The van der Waals surface area contributed by atoms with E-state index in [1.807, 2.05) is 0 Å². The van der Waals surface area contributed by atoms with Gasteiger partial charge in [0.25, 0.3) is 0 Å². The highest BCUT2D eigenvalue weighted by Crippen LogP contribution is 2.14. The molecule has 1 saturated heterocycles. The fourth-order valence-corrected chi connectivity index (χ4v) is 2.69. The summed E-state index contributed by atoms with van der Waals surface area (Å²) < 4.78 is 0. The van der Waals surface area contributed by atoms with Gasteiger partial charge in [-0.15, -0.1) is 0 Å². The number of carbonyl (C=O) groups is 1. The second-order valence-corrected chi connectivity index (χ2v) is 5.42. The van der Waals surface area contributed by atoms with Crippen LogP contribution in [0.4, 0.5) is 0 Å². The molecule has 0 saturated carbocycles. The van der Waals surface area contributed by atoms with Crippen LogP contribution in [0.15, 0.2) is 0 Å². The Balaban J connectivity index is 2.54. The van der Waals surface area contributed by atoms with Crippen LogP contribution in [0.25, 0.3) is 0 Å². The Morgan fingerprint density at radius 1 is 1.22 bits per heavy atom. The first kappa shape index (κ1) is 15.5. The lowest BCUT2D eigenvalue weighted by molar-refractivity contribution is -0.134. The molecule has 1 aliphatic heterocycles. The Kier molecular flexibility index (Phi) is 7.33. The van der Waals surface area contributed by atoms with E-state index in [1.54, 1.807) is 0 Å². The van der Waals surface area contributed by atoms with Crippen LogP contribution in [0.5, 0.6) is 0 Å². The largest absolute Gasteiger partial charge is 0.341 e. The molecular weight excluding hydrogens is 224 g/mol. The highest BCUT2D eigenvalue weighted by Gasteiger charge is 2.25. The summed E-state index contributed by atoms with van der Waals surface area (Å²) in [6.07, 6.45) is 7.00. The van der Waals surface area contributed by atoms with Gasteiger partial charge < -0.3 is 10.2 Å². The summed E-state index contributed by atoms with van der Waals surface area (Å²) in [7, 11) is 0. The summed E-state index contributed by atoms with van der Waals surface area (Å²) >= 11 is 0. The third-order valence-corrected chi connectivity index (χ3v) is 4.19. The predicted molar refractivity (Wildman–Crippen MR) is 76.6 cm³/mol.